The number of halogens is 2. The van der Waals surface area contributed by atoms with Crippen molar-refractivity contribution in [2.24, 2.45) is 10.4 Å². The summed E-state index contributed by atoms with van der Waals surface area (Å²) in [6.45, 7) is 18.5. The molecule has 496 valence electrons. The quantitative estimate of drug-likeness (QED) is 0.0222. The van der Waals surface area contributed by atoms with E-state index in [4.69, 9.17) is 64.9 Å². The molecule has 93 heavy (non-hydrogen) atoms. The van der Waals surface area contributed by atoms with Crippen molar-refractivity contribution >= 4 is 80.7 Å². The highest BCUT2D eigenvalue weighted by molar-refractivity contribution is 7.95. The molecule has 6 N–H and O–H groups in total. The van der Waals surface area contributed by atoms with Crippen molar-refractivity contribution in [2.45, 2.75) is 128 Å². The monoisotopic (exact) mass is 1350 g/mol. The maximum absolute atomic E-state index is 12.5. The van der Waals surface area contributed by atoms with E-state index >= 15 is 0 Å². The molecule has 2 amide bonds. The summed E-state index contributed by atoms with van der Waals surface area (Å²) in [5.74, 6) is 1.65. The van der Waals surface area contributed by atoms with Gasteiger partial charge in [0.2, 0.25) is 28.3 Å². The Labute approximate surface area is 563 Å². The molecule has 4 saturated heterocycles. The number of amides is 2. The number of likely N-dealkylation sites (N-methyl/N-ethyl adjacent to an activating group) is 1. The normalized spacial score (nSPS) is 22.5. The topological polar surface area (TPSA) is 295 Å². The smallest absolute Gasteiger partial charge is 0.223 e. The van der Waals surface area contributed by atoms with Crippen LogP contribution in [-0.4, -0.2) is 150 Å². The number of nitriles is 2. The van der Waals surface area contributed by atoms with Gasteiger partial charge < -0.3 is 64.0 Å². The number of aliphatic hydroxyl groups excluding tert-OH is 1. The van der Waals surface area contributed by atoms with Crippen LogP contribution in [0.15, 0.2) is 133 Å². The van der Waals surface area contributed by atoms with Gasteiger partial charge in [0, 0.05) is 130 Å². The fourth-order valence-corrected chi connectivity index (χ4v) is 14.1. The standard InChI is InChI=1S/C26H28Cl2N4O4.C16H18N2O3.C13H19N5.C12H16N2OS2.H2O/c1-19(33)31-10-12-32(13-11-31)21-3-5-22(6-4-21)34-15-23-16-35-26(36-23,17-30-9-8-29-18-30)24-7-2-20(27)14-25(24)28;1-16(2)15(20)14(18-7-3-4-13(18)19)11-8-10(9-17)5-6-12(11)21-16;1-10(13(2,3)4)17-12(16-9-14)18-11-5-7-15-8-6-11;1-13-11(16)12(6-2-3-8-17(12)15)10-5-4-7-14-9-10;/h2-9,14,18,23H,10-13,15-17H2,1H3;5-6,8,14-15,20H,3-4,7H2,1-2H3;5-8,10H,1-4H3,(H2,15,16,17,18);4-5,7,9H,2-3,6,8H2,1H3,(H,13,16);1H2/t23-,26-;14-,15+;;12-,17-;/m00.1./s1. The first-order valence-electron chi connectivity index (χ1n) is 30.6. The molecule has 3 aromatic carbocycles. The summed E-state index contributed by atoms with van der Waals surface area (Å²) in [6.07, 6.45) is 17.1. The maximum atomic E-state index is 12.5. The molecule has 0 aliphatic carbocycles. The largest absolute Gasteiger partial charge is 0.615 e. The molecule has 8 heterocycles. The van der Waals surface area contributed by atoms with E-state index < -0.39 is 39.5 Å². The Morgan fingerprint density at radius 3 is 2.31 bits per heavy atom. The van der Waals surface area contributed by atoms with Crippen LogP contribution in [0.5, 0.6) is 11.5 Å². The van der Waals surface area contributed by atoms with E-state index in [0.717, 1.165) is 85.9 Å². The van der Waals surface area contributed by atoms with Crippen LogP contribution in [0, 0.1) is 28.2 Å². The van der Waals surface area contributed by atoms with Crippen molar-refractivity contribution < 1.29 is 43.7 Å². The number of ether oxygens (including phenoxy) is 4. The van der Waals surface area contributed by atoms with Gasteiger partial charge in [-0.05, 0) is 129 Å². The first-order chi connectivity index (χ1) is 44.0. The summed E-state index contributed by atoms with van der Waals surface area (Å²) >= 11 is 17.1. The number of pyridine rings is 2. The van der Waals surface area contributed by atoms with E-state index in [9.17, 15) is 19.2 Å². The number of guanidine groups is 1. The molecule has 1 unspecified atom stereocenters. The minimum Gasteiger partial charge on any atom is -0.615 e. The number of hydrogen-bond acceptors (Lipinski definition) is 16. The molecule has 0 saturated carbocycles. The molecule has 4 fully saturated rings. The second kappa shape index (κ2) is 33.0. The number of piperazine rings is 1. The molecule has 22 nitrogen and oxygen atoms in total. The van der Waals surface area contributed by atoms with Crippen LogP contribution in [0.25, 0.3) is 0 Å². The molecule has 26 heteroatoms. The molecular formula is C67H83Cl2N13O9S2. The van der Waals surface area contributed by atoms with Crippen LogP contribution in [0.2, 0.25) is 10.0 Å². The predicted molar refractivity (Wildman–Crippen MR) is 363 cm³/mol. The number of anilines is 1. The van der Waals surface area contributed by atoms with Gasteiger partial charge in [-0.3, -0.25) is 24.9 Å². The van der Waals surface area contributed by atoms with Gasteiger partial charge in [0.05, 0.1) is 47.9 Å². The fourth-order valence-electron chi connectivity index (χ4n) is 11.2. The minimum atomic E-state index is -1.08. The van der Waals surface area contributed by atoms with Gasteiger partial charge in [-0.15, -0.1) is 0 Å². The van der Waals surface area contributed by atoms with Crippen molar-refractivity contribution in [3.05, 3.63) is 161 Å². The maximum Gasteiger partial charge on any atom is 0.223 e. The molecule has 11 rings (SSSR count). The molecule has 5 aliphatic heterocycles. The Kier molecular flexibility index (Phi) is 25.8. The lowest BCUT2D eigenvalue weighted by Gasteiger charge is -2.45. The molecule has 7 atom stereocenters. The van der Waals surface area contributed by atoms with Gasteiger partial charge in [-0.25, -0.2) is 9.98 Å². The first kappa shape index (κ1) is 72.8. The molecule has 0 radical (unpaired) electrons. The zero-order valence-electron chi connectivity index (χ0n) is 53.7. The number of carbonyl (C=O) groups excluding carboxylic acids is 2. The third-order valence-electron chi connectivity index (χ3n) is 16.8. The summed E-state index contributed by atoms with van der Waals surface area (Å²) in [7, 11) is 1.80. The van der Waals surface area contributed by atoms with E-state index in [1.165, 1.54) is 0 Å². The second-order valence-corrected chi connectivity index (χ2v) is 27.4. The number of thiocarbonyl (C=S) groups is 1. The molecular weight excluding hydrogens is 1270 g/mol. The zero-order valence-corrected chi connectivity index (χ0v) is 56.8. The zero-order chi connectivity index (χ0) is 66.2. The molecule has 5 aliphatic rings. The van der Waals surface area contributed by atoms with Crippen LogP contribution in [0.4, 0.5) is 11.4 Å². The van der Waals surface area contributed by atoms with Crippen molar-refractivity contribution in [1.29, 1.82) is 10.5 Å². The van der Waals surface area contributed by atoms with Gasteiger partial charge in [-0.1, -0.05) is 68.3 Å². The summed E-state index contributed by atoms with van der Waals surface area (Å²) < 4.78 is 38.4. The Morgan fingerprint density at radius 1 is 0.968 bits per heavy atom. The average molecular weight is 1350 g/mol. The predicted octanol–water partition coefficient (Wildman–Crippen LogP) is 9.06. The van der Waals surface area contributed by atoms with Crippen LogP contribution >= 0.6 is 35.4 Å². The molecule has 3 aromatic heterocycles. The molecule has 0 bridgehead atoms. The fraction of sp³-hybridized carbons (Fsp3) is 0.448. The van der Waals surface area contributed by atoms with E-state index in [1.807, 2.05) is 78.2 Å². The van der Waals surface area contributed by atoms with Gasteiger partial charge in [0.25, 0.3) is 0 Å². The number of aromatic nitrogens is 4. The van der Waals surface area contributed by atoms with Crippen LogP contribution < -0.4 is 30.3 Å². The third kappa shape index (κ3) is 18.4. The average Bonchev–Trinajstić information content (AvgIpc) is 1.67. The SMILES string of the molecule is CC(=O)N1CCN(c2ccc(OC[C@H]3CO[C@](Cn4ccnc4)(c4ccc(Cl)cc4Cl)O3)cc2)CC1.CC(N/C(=N/c1ccncc1)NC#N)C(C)(C)C.CC1(C)Oc2ccc(C#N)cc2[C@H](N2CCCC2=O)[C@H]1O.CNC(=S)[C@]1(c2cccnc2)CCCC[S@@+]1[O-].O. The summed E-state index contributed by atoms with van der Waals surface area (Å²) in [5, 5.41) is 38.3. The third-order valence-corrected chi connectivity index (χ3v) is 20.1. The number of aliphatic imine (C=N–C) groups is 1. The Hall–Kier alpha value is -7.62. The Bertz CT molecular complexity index is 3550. The Balaban J connectivity index is 0.000000185. The number of nitrogens with one attached hydrogen (secondary N) is 3. The Morgan fingerprint density at radius 2 is 1.71 bits per heavy atom. The highest BCUT2D eigenvalue weighted by Gasteiger charge is 2.51. The number of carbonyl (C=O) groups is 2. The van der Waals surface area contributed by atoms with Gasteiger partial charge in [0.15, 0.2) is 6.19 Å². The number of benzene rings is 3. The van der Waals surface area contributed by atoms with E-state index in [0.29, 0.717) is 70.6 Å². The number of hydrogen-bond donors (Lipinski definition) is 4. The lowest BCUT2D eigenvalue weighted by molar-refractivity contribution is -0.189. The minimum absolute atomic E-state index is 0. The number of likely N-dealkylation sites (tertiary alicyclic amines) is 1. The highest BCUT2D eigenvalue weighted by atomic mass is 35.5. The number of nitrogens with zero attached hydrogens (tertiary/aromatic N) is 10. The van der Waals surface area contributed by atoms with Crippen molar-refractivity contribution in [3.8, 4) is 23.8 Å². The molecule has 6 aromatic rings. The highest BCUT2D eigenvalue weighted by Crippen LogP contribution is 2.46. The van der Waals surface area contributed by atoms with Crippen LogP contribution in [0.1, 0.15) is 109 Å². The van der Waals surface area contributed by atoms with E-state index in [2.05, 4.69) is 74.6 Å². The van der Waals surface area contributed by atoms with Crippen LogP contribution in [-0.2, 0) is 47.3 Å². The lowest BCUT2D eigenvalue weighted by Crippen LogP contribution is -2.53. The van der Waals surface area contributed by atoms with Gasteiger partial charge >= 0.3 is 0 Å². The number of imidazole rings is 1. The van der Waals surface area contributed by atoms with E-state index in [-0.39, 0.29) is 34.9 Å². The lowest BCUT2D eigenvalue weighted by atomic mass is 9.85. The van der Waals surface area contributed by atoms with E-state index in [1.54, 1.807) is 98.6 Å². The van der Waals surface area contributed by atoms with Crippen molar-refractivity contribution in [2.75, 3.05) is 63.6 Å². The molecule has 0 spiro atoms. The van der Waals surface area contributed by atoms with Crippen molar-refractivity contribution in [3.63, 3.8) is 0 Å². The van der Waals surface area contributed by atoms with Crippen molar-refractivity contribution in [1.82, 2.24) is 45.3 Å². The summed E-state index contributed by atoms with van der Waals surface area (Å²) in [4.78, 5) is 46.7. The first-order valence-corrected chi connectivity index (χ1v) is 33.1. The van der Waals surface area contributed by atoms with Crippen LogP contribution in [0.3, 0.4) is 0 Å². The second-order valence-electron chi connectivity index (χ2n) is 24.4. The number of fused-ring (bicyclic) bond motifs is 1. The van der Waals surface area contributed by atoms with Gasteiger partial charge in [0.1, 0.15) is 46.7 Å². The summed E-state index contributed by atoms with van der Waals surface area (Å²) in [5.41, 5.74) is 4.05. The van der Waals surface area contributed by atoms with Gasteiger partial charge in [-0.2, -0.15) is 10.5 Å². The number of rotatable bonds is 12. The summed E-state index contributed by atoms with van der Waals surface area (Å²) in [6, 6.07) is 27.7. The number of aliphatic hydroxyl groups is 1.